The van der Waals surface area contributed by atoms with Crippen molar-refractivity contribution in [3.63, 3.8) is 0 Å². The first-order valence-corrected chi connectivity index (χ1v) is 16.8. The molecular formula is C37H39F2N5O3. The molecule has 0 radical (unpaired) electrons. The summed E-state index contributed by atoms with van der Waals surface area (Å²) in [5.41, 5.74) is -0.942. The van der Waals surface area contributed by atoms with Crippen molar-refractivity contribution >= 4 is 27.5 Å². The van der Waals surface area contributed by atoms with E-state index >= 15 is 4.39 Å². The normalized spacial score (nSPS) is 26.4. The van der Waals surface area contributed by atoms with E-state index in [0.717, 1.165) is 45.1 Å². The molecule has 3 atom stereocenters. The number of hydrogen-bond acceptors (Lipinski definition) is 8. The highest BCUT2D eigenvalue weighted by Crippen LogP contribution is 2.51. The summed E-state index contributed by atoms with van der Waals surface area (Å²) in [6.07, 6.45) is 16.7. The van der Waals surface area contributed by atoms with E-state index in [4.69, 9.17) is 16.1 Å². The Kier molecular flexibility index (Phi) is 7.26. The highest BCUT2D eigenvalue weighted by atomic mass is 19.1. The van der Waals surface area contributed by atoms with Crippen molar-refractivity contribution in [1.82, 2.24) is 19.9 Å². The van der Waals surface area contributed by atoms with E-state index in [1.165, 1.54) is 43.3 Å². The molecule has 2 aliphatic carbocycles. The SMILES string of the molecule is C#Cc1c(F)ccc2cc(O)cc(-c3ncc4c(N5CCC[C@@](C)(O)C5)nc(OC[C@]56CCCC5N(C5CC5)CCC6)nc4c3F)c12. The van der Waals surface area contributed by atoms with Crippen LogP contribution in [-0.4, -0.2) is 74.0 Å². The predicted octanol–water partition coefficient (Wildman–Crippen LogP) is 6.34. The number of likely N-dealkylation sites (tertiary alicyclic amines) is 1. The van der Waals surface area contributed by atoms with Crippen LogP contribution in [0.5, 0.6) is 11.8 Å². The second-order valence-electron chi connectivity index (χ2n) is 14.3. The van der Waals surface area contributed by atoms with Gasteiger partial charge in [-0.3, -0.25) is 9.88 Å². The summed E-state index contributed by atoms with van der Waals surface area (Å²) in [6, 6.07) is 6.75. The number of hydrogen-bond donors (Lipinski definition) is 2. The second kappa shape index (κ2) is 11.3. The van der Waals surface area contributed by atoms with E-state index in [-0.39, 0.29) is 44.9 Å². The maximum Gasteiger partial charge on any atom is 0.319 e. The molecule has 0 spiro atoms. The van der Waals surface area contributed by atoms with Gasteiger partial charge in [-0.25, -0.2) is 8.78 Å². The topological polar surface area (TPSA) is 94.8 Å². The fraction of sp³-hybridized carbons (Fsp3) is 0.486. The quantitative estimate of drug-likeness (QED) is 0.236. The van der Waals surface area contributed by atoms with Gasteiger partial charge < -0.3 is 19.8 Å². The number of phenolic OH excluding ortho intramolecular Hbond substituents is 1. The largest absolute Gasteiger partial charge is 0.508 e. The van der Waals surface area contributed by atoms with Gasteiger partial charge >= 0.3 is 6.01 Å². The van der Waals surface area contributed by atoms with E-state index in [0.29, 0.717) is 54.8 Å². The molecule has 2 saturated heterocycles. The van der Waals surface area contributed by atoms with Gasteiger partial charge in [-0.2, -0.15) is 9.97 Å². The lowest BCUT2D eigenvalue weighted by Gasteiger charge is -2.46. The van der Waals surface area contributed by atoms with Crippen molar-refractivity contribution in [3.8, 4) is 35.4 Å². The van der Waals surface area contributed by atoms with Gasteiger partial charge in [0, 0.05) is 47.7 Å². The van der Waals surface area contributed by atoms with Crippen LogP contribution in [0.2, 0.25) is 0 Å². The van der Waals surface area contributed by atoms with Crippen molar-refractivity contribution in [2.24, 2.45) is 5.41 Å². The van der Waals surface area contributed by atoms with Crippen LogP contribution in [0.4, 0.5) is 14.6 Å². The number of anilines is 1. The number of ether oxygens (including phenoxy) is 1. The molecule has 0 amide bonds. The summed E-state index contributed by atoms with van der Waals surface area (Å²) in [6.45, 7) is 4.31. The summed E-state index contributed by atoms with van der Waals surface area (Å²) in [5, 5.41) is 22.6. The molecule has 2 aromatic heterocycles. The third-order valence-electron chi connectivity index (χ3n) is 10.9. The molecule has 10 heteroatoms. The molecule has 4 aromatic rings. The number of terminal acetylenes is 1. The minimum absolute atomic E-state index is 0.000840. The van der Waals surface area contributed by atoms with Crippen LogP contribution in [0.1, 0.15) is 70.3 Å². The summed E-state index contributed by atoms with van der Waals surface area (Å²) < 4.78 is 38.2. The Morgan fingerprint density at radius 2 is 1.87 bits per heavy atom. The van der Waals surface area contributed by atoms with E-state index in [1.807, 2.05) is 4.90 Å². The molecular weight excluding hydrogens is 600 g/mol. The molecule has 2 N–H and O–H groups in total. The number of piperidine rings is 2. The molecule has 4 fully saturated rings. The van der Waals surface area contributed by atoms with Crippen LogP contribution in [-0.2, 0) is 0 Å². The molecule has 0 bridgehead atoms. The zero-order valence-corrected chi connectivity index (χ0v) is 26.6. The van der Waals surface area contributed by atoms with Crippen LogP contribution < -0.4 is 9.64 Å². The highest BCUT2D eigenvalue weighted by molar-refractivity contribution is 6.03. The molecule has 4 heterocycles. The van der Waals surface area contributed by atoms with Gasteiger partial charge in [0.1, 0.15) is 28.6 Å². The maximum atomic E-state index is 16.9. The van der Waals surface area contributed by atoms with Crippen molar-refractivity contribution in [2.75, 3.05) is 31.1 Å². The Bertz CT molecular complexity index is 1940. The average molecular weight is 640 g/mol. The monoisotopic (exact) mass is 639 g/mol. The third kappa shape index (κ3) is 5.24. The van der Waals surface area contributed by atoms with Crippen molar-refractivity contribution in [3.05, 3.63) is 47.7 Å². The lowest BCUT2D eigenvalue weighted by molar-refractivity contribution is -0.00469. The third-order valence-corrected chi connectivity index (χ3v) is 10.9. The Morgan fingerprint density at radius 1 is 1.06 bits per heavy atom. The van der Waals surface area contributed by atoms with Gasteiger partial charge in [-0.05, 0) is 88.4 Å². The number of benzene rings is 2. The summed E-state index contributed by atoms with van der Waals surface area (Å²) >= 11 is 0. The first-order valence-electron chi connectivity index (χ1n) is 16.8. The average Bonchev–Trinajstić information content (AvgIpc) is 3.81. The molecule has 1 unspecified atom stereocenters. The minimum atomic E-state index is -0.941. The highest BCUT2D eigenvalue weighted by Gasteiger charge is 2.51. The molecule has 2 aliphatic heterocycles. The molecule has 8 nitrogen and oxygen atoms in total. The number of aromatic hydroxyl groups is 1. The van der Waals surface area contributed by atoms with Gasteiger partial charge in [0.25, 0.3) is 0 Å². The summed E-state index contributed by atoms with van der Waals surface area (Å²) in [4.78, 5) is 18.6. The van der Waals surface area contributed by atoms with Gasteiger partial charge in [0.2, 0.25) is 0 Å². The lowest BCUT2D eigenvalue weighted by Crippen LogP contribution is -2.52. The zero-order valence-electron chi connectivity index (χ0n) is 26.6. The number of β-amino-alcohol motifs (C(OH)–C–C–N with tert-alkyl or cyclic N) is 1. The van der Waals surface area contributed by atoms with Crippen molar-refractivity contribution in [2.45, 2.75) is 82.4 Å². The number of fused-ring (bicyclic) bond motifs is 3. The van der Waals surface area contributed by atoms with E-state index in [1.54, 1.807) is 6.92 Å². The van der Waals surface area contributed by atoms with Crippen molar-refractivity contribution in [1.29, 1.82) is 0 Å². The fourth-order valence-electron chi connectivity index (χ4n) is 8.66. The maximum absolute atomic E-state index is 16.9. The Morgan fingerprint density at radius 3 is 2.66 bits per heavy atom. The smallest absolute Gasteiger partial charge is 0.319 e. The molecule has 2 aromatic carbocycles. The Labute approximate surface area is 272 Å². The summed E-state index contributed by atoms with van der Waals surface area (Å²) in [5.74, 6) is 1.32. The first-order chi connectivity index (χ1) is 22.7. The molecule has 4 aliphatic rings. The minimum Gasteiger partial charge on any atom is -0.508 e. The van der Waals surface area contributed by atoms with Gasteiger partial charge in [0.15, 0.2) is 5.82 Å². The van der Waals surface area contributed by atoms with Gasteiger partial charge in [-0.1, -0.05) is 18.4 Å². The van der Waals surface area contributed by atoms with Crippen LogP contribution in [0.15, 0.2) is 30.5 Å². The number of nitrogens with zero attached hydrogens (tertiary/aromatic N) is 5. The standard InChI is InChI=1S/C37H39F2N5O3/c1-3-25-28(38)11-8-22-17-24(45)18-26(30(22)25)32-31(39)33-27(19-40-32)34(43-15-5-12-36(2,46)20-43)42-35(41-33)47-21-37-13-4-7-29(37)44(16-6-14-37)23-9-10-23/h1,8,11,17-19,23,29,45-46H,4-7,9-10,12-16,20-21H2,2H3/t29?,36-,37-/m1/s1. The second-order valence-corrected chi connectivity index (χ2v) is 14.3. The van der Waals surface area contributed by atoms with Crippen molar-refractivity contribution < 1.29 is 23.7 Å². The number of pyridine rings is 1. The zero-order chi connectivity index (χ0) is 32.5. The number of phenols is 1. The summed E-state index contributed by atoms with van der Waals surface area (Å²) in [7, 11) is 0. The Hall–Kier alpha value is -4.07. The predicted molar refractivity (Wildman–Crippen MR) is 176 cm³/mol. The van der Waals surface area contributed by atoms with E-state index in [2.05, 4.69) is 20.8 Å². The molecule has 244 valence electrons. The fourth-order valence-corrected chi connectivity index (χ4v) is 8.66. The van der Waals surface area contributed by atoms with E-state index < -0.39 is 17.2 Å². The van der Waals surface area contributed by atoms with Gasteiger partial charge in [0.05, 0.1) is 23.2 Å². The molecule has 2 saturated carbocycles. The lowest BCUT2D eigenvalue weighted by atomic mass is 9.75. The molecule has 47 heavy (non-hydrogen) atoms. The van der Waals surface area contributed by atoms with Crippen LogP contribution in [0.25, 0.3) is 32.9 Å². The number of rotatable bonds is 6. The van der Waals surface area contributed by atoms with Gasteiger partial charge in [-0.15, -0.1) is 6.42 Å². The van der Waals surface area contributed by atoms with Crippen LogP contribution in [0, 0.1) is 29.4 Å². The molecule has 8 rings (SSSR count). The van der Waals surface area contributed by atoms with E-state index in [9.17, 15) is 14.6 Å². The number of aromatic nitrogens is 3. The van der Waals surface area contributed by atoms with Crippen LogP contribution >= 0.6 is 0 Å². The number of aliphatic hydroxyl groups is 1. The first kappa shape index (κ1) is 30.3. The van der Waals surface area contributed by atoms with Crippen LogP contribution in [0.3, 0.4) is 0 Å². The number of halogens is 2. The Balaban J connectivity index is 1.25.